The summed E-state index contributed by atoms with van der Waals surface area (Å²) in [5.74, 6) is 0.904. The lowest BCUT2D eigenvalue weighted by atomic mass is 10.2. The topological polar surface area (TPSA) is 30.5 Å². The van der Waals surface area contributed by atoms with E-state index in [0.717, 1.165) is 25.4 Å². The van der Waals surface area contributed by atoms with Crippen LogP contribution in [0.1, 0.15) is 12.5 Å². The van der Waals surface area contributed by atoms with Crippen molar-refractivity contribution in [2.45, 2.75) is 13.8 Å². The van der Waals surface area contributed by atoms with Crippen molar-refractivity contribution >= 4 is 0 Å². The fourth-order valence-electron chi connectivity index (χ4n) is 1.28. The molecule has 3 nitrogen and oxygen atoms in total. The molecule has 3 heteroatoms. The third kappa shape index (κ3) is 5.73. The SMILES string of the molecule is CCNCCOCCOc1ccc(C)cc1. The molecule has 0 aliphatic heterocycles. The number of aryl methyl sites for hydroxylation is 1. The summed E-state index contributed by atoms with van der Waals surface area (Å²) < 4.78 is 10.9. The maximum atomic E-state index is 5.52. The van der Waals surface area contributed by atoms with Crippen molar-refractivity contribution in [3.8, 4) is 5.75 Å². The van der Waals surface area contributed by atoms with E-state index >= 15 is 0 Å². The molecule has 0 aliphatic carbocycles. The van der Waals surface area contributed by atoms with Crippen LogP contribution in [-0.4, -0.2) is 32.9 Å². The van der Waals surface area contributed by atoms with Gasteiger partial charge in [-0.15, -0.1) is 0 Å². The molecule has 0 atom stereocenters. The highest BCUT2D eigenvalue weighted by Gasteiger charge is 1.93. The van der Waals surface area contributed by atoms with E-state index in [-0.39, 0.29) is 0 Å². The van der Waals surface area contributed by atoms with Crippen LogP contribution in [0.15, 0.2) is 24.3 Å². The number of nitrogens with one attached hydrogen (secondary N) is 1. The Labute approximate surface area is 97.8 Å². The van der Waals surface area contributed by atoms with Crippen molar-refractivity contribution in [1.82, 2.24) is 5.32 Å². The van der Waals surface area contributed by atoms with Crippen molar-refractivity contribution < 1.29 is 9.47 Å². The number of benzene rings is 1. The largest absolute Gasteiger partial charge is 0.491 e. The molecule has 0 saturated heterocycles. The zero-order valence-electron chi connectivity index (χ0n) is 10.2. The predicted octanol–water partition coefficient (Wildman–Crippen LogP) is 2.00. The Morgan fingerprint density at radius 3 is 2.50 bits per heavy atom. The Bertz CT molecular complexity index is 272. The van der Waals surface area contributed by atoms with Crippen LogP contribution in [0.2, 0.25) is 0 Å². The highest BCUT2D eigenvalue weighted by Crippen LogP contribution is 2.10. The molecule has 16 heavy (non-hydrogen) atoms. The van der Waals surface area contributed by atoms with Crippen LogP contribution in [0.25, 0.3) is 0 Å². The van der Waals surface area contributed by atoms with E-state index in [1.807, 2.05) is 24.3 Å². The summed E-state index contributed by atoms with van der Waals surface area (Å²) in [6.45, 7) is 8.03. The van der Waals surface area contributed by atoms with E-state index in [1.54, 1.807) is 0 Å². The second-order valence-electron chi connectivity index (χ2n) is 3.63. The van der Waals surface area contributed by atoms with Gasteiger partial charge in [0.1, 0.15) is 12.4 Å². The molecule has 1 aromatic carbocycles. The molecule has 0 fully saturated rings. The van der Waals surface area contributed by atoms with Gasteiger partial charge in [-0.05, 0) is 25.6 Å². The van der Waals surface area contributed by atoms with Gasteiger partial charge in [-0.2, -0.15) is 0 Å². The Morgan fingerprint density at radius 1 is 1.06 bits per heavy atom. The van der Waals surface area contributed by atoms with Crippen molar-refractivity contribution in [3.05, 3.63) is 29.8 Å². The number of ether oxygens (including phenoxy) is 2. The molecule has 1 rings (SSSR count). The van der Waals surface area contributed by atoms with Crippen molar-refractivity contribution in [2.24, 2.45) is 0 Å². The van der Waals surface area contributed by atoms with Gasteiger partial charge < -0.3 is 14.8 Å². The van der Waals surface area contributed by atoms with E-state index in [2.05, 4.69) is 19.2 Å². The van der Waals surface area contributed by atoms with Crippen LogP contribution in [0.4, 0.5) is 0 Å². The summed E-state index contributed by atoms with van der Waals surface area (Å²) in [6, 6.07) is 8.05. The molecule has 0 saturated carbocycles. The number of rotatable bonds is 8. The first-order chi connectivity index (χ1) is 7.83. The van der Waals surface area contributed by atoms with Crippen LogP contribution in [0.5, 0.6) is 5.75 Å². The summed E-state index contributed by atoms with van der Waals surface area (Å²) in [4.78, 5) is 0. The summed E-state index contributed by atoms with van der Waals surface area (Å²) in [5.41, 5.74) is 1.24. The van der Waals surface area contributed by atoms with Gasteiger partial charge in [0.25, 0.3) is 0 Å². The standard InChI is InChI=1S/C13H21NO2/c1-3-14-8-9-15-10-11-16-13-6-4-12(2)5-7-13/h4-7,14H,3,8-11H2,1-2H3. The fourth-order valence-corrected chi connectivity index (χ4v) is 1.28. The van der Waals surface area contributed by atoms with Crippen molar-refractivity contribution in [2.75, 3.05) is 32.9 Å². The van der Waals surface area contributed by atoms with Gasteiger partial charge in [0.15, 0.2) is 0 Å². The smallest absolute Gasteiger partial charge is 0.119 e. The molecule has 1 N–H and O–H groups in total. The Kier molecular flexibility index (Phi) is 6.61. The van der Waals surface area contributed by atoms with Crippen molar-refractivity contribution in [1.29, 1.82) is 0 Å². The summed E-state index contributed by atoms with van der Waals surface area (Å²) in [5, 5.41) is 3.20. The Morgan fingerprint density at radius 2 is 1.81 bits per heavy atom. The molecule has 0 spiro atoms. The molecule has 1 aromatic rings. The Hall–Kier alpha value is -1.06. The minimum atomic E-state index is 0.606. The molecule has 0 bridgehead atoms. The zero-order valence-corrected chi connectivity index (χ0v) is 10.2. The molecule has 0 heterocycles. The molecule has 0 radical (unpaired) electrons. The second kappa shape index (κ2) is 8.13. The third-order valence-corrected chi connectivity index (χ3v) is 2.19. The van der Waals surface area contributed by atoms with E-state index in [1.165, 1.54) is 5.56 Å². The van der Waals surface area contributed by atoms with Gasteiger partial charge >= 0.3 is 0 Å². The minimum absolute atomic E-state index is 0.606. The van der Waals surface area contributed by atoms with Gasteiger partial charge in [-0.25, -0.2) is 0 Å². The quantitative estimate of drug-likeness (QED) is 0.684. The fraction of sp³-hybridized carbons (Fsp3) is 0.538. The minimum Gasteiger partial charge on any atom is -0.491 e. The Balaban J connectivity index is 2.01. The molecule has 0 aliphatic rings. The van der Waals surface area contributed by atoms with Gasteiger partial charge in [0.2, 0.25) is 0 Å². The normalized spacial score (nSPS) is 10.4. The van der Waals surface area contributed by atoms with Gasteiger partial charge in [-0.1, -0.05) is 24.6 Å². The van der Waals surface area contributed by atoms with Crippen LogP contribution < -0.4 is 10.1 Å². The third-order valence-electron chi connectivity index (χ3n) is 2.19. The van der Waals surface area contributed by atoms with Crippen LogP contribution in [0, 0.1) is 6.92 Å². The van der Waals surface area contributed by atoms with E-state index in [4.69, 9.17) is 9.47 Å². The number of hydrogen-bond acceptors (Lipinski definition) is 3. The molecular weight excluding hydrogens is 202 g/mol. The maximum Gasteiger partial charge on any atom is 0.119 e. The van der Waals surface area contributed by atoms with Crippen LogP contribution in [0.3, 0.4) is 0 Å². The van der Waals surface area contributed by atoms with Crippen LogP contribution in [-0.2, 0) is 4.74 Å². The van der Waals surface area contributed by atoms with E-state index in [9.17, 15) is 0 Å². The summed E-state index contributed by atoms with van der Waals surface area (Å²) >= 11 is 0. The average molecular weight is 223 g/mol. The monoisotopic (exact) mass is 223 g/mol. The lowest BCUT2D eigenvalue weighted by Gasteiger charge is -2.07. The highest BCUT2D eigenvalue weighted by atomic mass is 16.5. The first-order valence-electron chi connectivity index (χ1n) is 5.81. The van der Waals surface area contributed by atoms with E-state index < -0.39 is 0 Å². The highest BCUT2D eigenvalue weighted by molar-refractivity contribution is 5.26. The average Bonchev–Trinajstić information content (AvgIpc) is 2.30. The maximum absolute atomic E-state index is 5.52. The lowest BCUT2D eigenvalue weighted by Crippen LogP contribution is -2.20. The number of hydrogen-bond donors (Lipinski definition) is 1. The molecule has 90 valence electrons. The van der Waals surface area contributed by atoms with Gasteiger partial charge in [-0.3, -0.25) is 0 Å². The second-order valence-corrected chi connectivity index (χ2v) is 3.63. The summed E-state index contributed by atoms with van der Waals surface area (Å²) in [7, 11) is 0. The van der Waals surface area contributed by atoms with Gasteiger partial charge in [0, 0.05) is 6.54 Å². The zero-order chi connectivity index (χ0) is 11.6. The molecule has 0 unspecified atom stereocenters. The van der Waals surface area contributed by atoms with Crippen molar-refractivity contribution in [3.63, 3.8) is 0 Å². The molecular formula is C13H21NO2. The molecule has 0 amide bonds. The first-order valence-corrected chi connectivity index (χ1v) is 5.81. The lowest BCUT2D eigenvalue weighted by molar-refractivity contribution is 0.102. The summed E-state index contributed by atoms with van der Waals surface area (Å²) in [6.07, 6.45) is 0. The number of likely N-dealkylation sites (N-methyl/N-ethyl adjacent to an activating group) is 1. The first kappa shape index (κ1) is 13.0. The predicted molar refractivity (Wildman–Crippen MR) is 66.0 cm³/mol. The molecule has 0 aromatic heterocycles. The van der Waals surface area contributed by atoms with Crippen LogP contribution >= 0.6 is 0 Å². The van der Waals surface area contributed by atoms with E-state index in [0.29, 0.717) is 13.2 Å². The van der Waals surface area contributed by atoms with Gasteiger partial charge in [0.05, 0.1) is 13.2 Å².